The first kappa shape index (κ1) is 23.5. The lowest BCUT2D eigenvalue weighted by molar-refractivity contribution is -0.121. The first-order chi connectivity index (χ1) is 15.7. The second-order valence-electron chi connectivity index (χ2n) is 8.05. The lowest BCUT2D eigenvalue weighted by Gasteiger charge is -2.40. The molecule has 1 aliphatic carbocycles. The van der Waals surface area contributed by atoms with Crippen LogP contribution in [0.3, 0.4) is 0 Å². The molecular weight excluding hydrogens is 470 g/mol. The maximum atomic E-state index is 13.9. The first-order valence-corrected chi connectivity index (χ1v) is 11.4. The maximum Gasteiger partial charge on any atom is 0.251 e. The summed E-state index contributed by atoms with van der Waals surface area (Å²) in [6, 6.07) is 8.09. The lowest BCUT2D eigenvalue weighted by Crippen LogP contribution is -2.51. The highest BCUT2D eigenvalue weighted by atomic mass is 35.5. The van der Waals surface area contributed by atoms with Crippen LogP contribution < -0.4 is 10.2 Å². The number of carbonyl (C=O) groups excluding carboxylic acids is 2. The SMILES string of the molecule is CC1(CO)Sc2ccc(C(=O)NCc3ccc(F)cc3F)cc2N(CC2C=CC=C2Cl)C1=O. The number of halogens is 3. The van der Waals surface area contributed by atoms with Gasteiger partial charge in [-0.3, -0.25) is 9.59 Å². The molecule has 2 amide bonds. The first-order valence-electron chi connectivity index (χ1n) is 10.2. The molecule has 2 aromatic carbocycles. The van der Waals surface area contributed by atoms with Crippen LogP contribution in [0.15, 0.2) is 64.6 Å². The number of benzene rings is 2. The average molecular weight is 491 g/mol. The summed E-state index contributed by atoms with van der Waals surface area (Å²) in [5, 5.41) is 13.1. The Morgan fingerprint density at radius 1 is 1.27 bits per heavy atom. The summed E-state index contributed by atoms with van der Waals surface area (Å²) in [5.41, 5.74) is 0.982. The van der Waals surface area contributed by atoms with Crippen molar-refractivity contribution in [3.8, 4) is 0 Å². The molecule has 2 unspecified atom stereocenters. The monoisotopic (exact) mass is 490 g/mol. The van der Waals surface area contributed by atoms with Gasteiger partial charge in [0.05, 0.1) is 12.3 Å². The molecule has 0 bridgehead atoms. The molecule has 33 heavy (non-hydrogen) atoms. The lowest BCUT2D eigenvalue weighted by atomic mass is 10.0. The van der Waals surface area contributed by atoms with Gasteiger partial charge in [-0.1, -0.05) is 29.8 Å². The minimum Gasteiger partial charge on any atom is -0.394 e. The molecule has 2 aromatic rings. The number of anilines is 1. The van der Waals surface area contributed by atoms with E-state index in [0.29, 0.717) is 10.7 Å². The van der Waals surface area contributed by atoms with Gasteiger partial charge in [0, 0.05) is 46.1 Å². The van der Waals surface area contributed by atoms with Gasteiger partial charge in [0.2, 0.25) is 5.91 Å². The number of amides is 2. The molecule has 1 aliphatic heterocycles. The third-order valence-electron chi connectivity index (χ3n) is 5.63. The van der Waals surface area contributed by atoms with Gasteiger partial charge in [-0.25, -0.2) is 8.78 Å². The van der Waals surface area contributed by atoms with Crippen LogP contribution in [-0.4, -0.2) is 34.8 Å². The van der Waals surface area contributed by atoms with E-state index in [-0.39, 0.29) is 42.6 Å². The molecule has 5 nitrogen and oxygen atoms in total. The molecule has 0 radical (unpaired) electrons. The standard InChI is InChI=1S/C24H21ClF2N2O3S/c1-24(13-30)23(32)29(12-16-3-2-4-18(16)25)20-9-14(6-8-21(20)33-24)22(31)28-11-15-5-7-17(26)10-19(15)27/h2-10,16,30H,11-13H2,1H3,(H,28,31). The van der Waals surface area contributed by atoms with Crippen molar-refractivity contribution in [2.24, 2.45) is 5.92 Å². The Hall–Kier alpha value is -2.68. The number of fused-ring (bicyclic) bond motifs is 1. The van der Waals surface area contributed by atoms with E-state index >= 15 is 0 Å². The van der Waals surface area contributed by atoms with E-state index in [1.807, 2.05) is 12.2 Å². The maximum absolute atomic E-state index is 13.9. The van der Waals surface area contributed by atoms with Crippen molar-refractivity contribution in [1.29, 1.82) is 0 Å². The van der Waals surface area contributed by atoms with Crippen molar-refractivity contribution < 1.29 is 23.5 Å². The van der Waals surface area contributed by atoms with Crippen LogP contribution in [0.4, 0.5) is 14.5 Å². The Balaban J connectivity index is 1.60. The van der Waals surface area contributed by atoms with Crippen molar-refractivity contribution in [2.75, 3.05) is 18.1 Å². The zero-order valence-electron chi connectivity index (χ0n) is 17.6. The van der Waals surface area contributed by atoms with Crippen LogP contribution in [0.1, 0.15) is 22.8 Å². The molecule has 2 atom stereocenters. The van der Waals surface area contributed by atoms with E-state index in [9.17, 15) is 23.5 Å². The number of carbonyl (C=O) groups is 2. The largest absolute Gasteiger partial charge is 0.394 e. The number of hydrogen-bond donors (Lipinski definition) is 2. The highest BCUT2D eigenvalue weighted by molar-refractivity contribution is 8.01. The predicted octanol–water partition coefficient (Wildman–Crippen LogP) is 4.39. The third-order valence-corrected chi connectivity index (χ3v) is 7.36. The highest BCUT2D eigenvalue weighted by Crippen LogP contribution is 2.46. The second-order valence-corrected chi connectivity index (χ2v) is 10.0. The molecule has 172 valence electrons. The van der Waals surface area contributed by atoms with E-state index < -0.39 is 22.3 Å². The summed E-state index contributed by atoms with van der Waals surface area (Å²) in [6.45, 7) is 1.48. The molecule has 0 saturated heterocycles. The molecule has 1 heterocycles. The molecule has 9 heteroatoms. The minimum atomic E-state index is -1.06. The number of aliphatic hydroxyl groups excluding tert-OH is 1. The van der Waals surface area contributed by atoms with Gasteiger partial charge in [-0.05, 0) is 37.3 Å². The summed E-state index contributed by atoms with van der Waals surface area (Å²) >= 11 is 7.51. The van der Waals surface area contributed by atoms with Crippen molar-refractivity contribution in [1.82, 2.24) is 5.32 Å². The van der Waals surface area contributed by atoms with Gasteiger partial charge >= 0.3 is 0 Å². The highest BCUT2D eigenvalue weighted by Gasteiger charge is 2.44. The normalized spacial score (nSPS) is 21.7. The van der Waals surface area contributed by atoms with Gasteiger partial charge in [0.25, 0.3) is 5.91 Å². The van der Waals surface area contributed by atoms with Crippen molar-refractivity contribution in [2.45, 2.75) is 23.1 Å². The molecule has 2 N–H and O–H groups in total. The molecule has 2 aliphatic rings. The fourth-order valence-electron chi connectivity index (χ4n) is 3.70. The molecular formula is C24H21ClF2N2O3S. The van der Waals surface area contributed by atoms with E-state index in [4.69, 9.17) is 11.6 Å². The summed E-state index contributed by atoms with van der Waals surface area (Å²) in [5.74, 6) is -2.37. The van der Waals surface area contributed by atoms with Gasteiger partial charge < -0.3 is 15.3 Å². The molecule has 0 fully saturated rings. The fourth-order valence-corrected chi connectivity index (χ4v) is 5.07. The number of hydrogen-bond acceptors (Lipinski definition) is 4. The van der Waals surface area contributed by atoms with Crippen molar-refractivity contribution in [3.63, 3.8) is 0 Å². The number of thioether (sulfide) groups is 1. The van der Waals surface area contributed by atoms with Crippen LogP contribution in [0.5, 0.6) is 0 Å². The number of nitrogens with one attached hydrogen (secondary N) is 1. The number of allylic oxidation sites excluding steroid dienone is 2. The summed E-state index contributed by atoms with van der Waals surface area (Å²) in [4.78, 5) is 28.3. The van der Waals surface area contributed by atoms with Crippen LogP contribution in [0.2, 0.25) is 0 Å². The van der Waals surface area contributed by atoms with E-state index in [2.05, 4.69) is 5.32 Å². The Kier molecular flexibility index (Phi) is 6.61. The van der Waals surface area contributed by atoms with E-state index in [1.165, 1.54) is 17.8 Å². The predicted molar refractivity (Wildman–Crippen MR) is 124 cm³/mol. The van der Waals surface area contributed by atoms with Gasteiger partial charge in [0.1, 0.15) is 16.4 Å². The van der Waals surface area contributed by atoms with Gasteiger partial charge in [-0.15, -0.1) is 11.8 Å². The fraction of sp³-hybridized carbons (Fsp3) is 0.250. The van der Waals surface area contributed by atoms with Crippen molar-refractivity contribution in [3.05, 3.63) is 82.4 Å². The van der Waals surface area contributed by atoms with Crippen LogP contribution in [0, 0.1) is 17.6 Å². The third kappa shape index (κ3) is 4.69. The van der Waals surface area contributed by atoms with Gasteiger partial charge in [0.15, 0.2) is 0 Å². The smallest absolute Gasteiger partial charge is 0.251 e. The Morgan fingerprint density at radius 2 is 2.06 bits per heavy atom. The Morgan fingerprint density at radius 3 is 2.73 bits per heavy atom. The molecule has 0 spiro atoms. The van der Waals surface area contributed by atoms with Gasteiger partial charge in [-0.2, -0.15) is 0 Å². The summed E-state index contributed by atoms with van der Waals surface area (Å²) < 4.78 is 25.9. The topological polar surface area (TPSA) is 69.6 Å². The zero-order valence-corrected chi connectivity index (χ0v) is 19.2. The number of aliphatic hydroxyl groups is 1. The van der Waals surface area contributed by atoms with E-state index in [1.54, 1.807) is 36.1 Å². The zero-order chi connectivity index (χ0) is 23.8. The Bertz CT molecular complexity index is 1190. The number of nitrogens with zero attached hydrogens (tertiary/aromatic N) is 1. The Labute approximate surface area is 199 Å². The minimum absolute atomic E-state index is 0.116. The van der Waals surface area contributed by atoms with E-state index in [0.717, 1.165) is 17.0 Å². The van der Waals surface area contributed by atoms with Crippen LogP contribution in [0.25, 0.3) is 0 Å². The number of rotatable bonds is 6. The molecule has 0 saturated carbocycles. The van der Waals surface area contributed by atoms with Crippen LogP contribution in [-0.2, 0) is 11.3 Å². The second kappa shape index (κ2) is 9.29. The molecule has 0 aromatic heterocycles. The summed E-state index contributed by atoms with van der Waals surface area (Å²) in [6.07, 6.45) is 5.47. The quantitative estimate of drug-likeness (QED) is 0.630. The summed E-state index contributed by atoms with van der Waals surface area (Å²) in [7, 11) is 0. The van der Waals surface area contributed by atoms with Crippen LogP contribution >= 0.6 is 23.4 Å². The molecule has 4 rings (SSSR count). The van der Waals surface area contributed by atoms with Crippen molar-refractivity contribution >= 4 is 40.9 Å². The average Bonchev–Trinajstić information content (AvgIpc) is 3.20.